The molecule has 2 aliphatic heterocycles. The van der Waals surface area contributed by atoms with Gasteiger partial charge in [-0.05, 0) is 13.8 Å². The minimum absolute atomic E-state index is 0.0395. The smallest absolute Gasteiger partial charge is 0.182 e. The Morgan fingerprint density at radius 1 is 0.420 bits per heavy atom. The van der Waals surface area contributed by atoms with Crippen LogP contribution in [0, 0.1) is 68.0 Å². The molecule has 0 bridgehead atoms. The van der Waals surface area contributed by atoms with E-state index in [1.807, 2.05) is 146 Å². The van der Waals surface area contributed by atoms with E-state index in [1.54, 1.807) is 13.8 Å². The lowest BCUT2D eigenvalue weighted by Gasteiger charge is -2.32. The number of ether oxygens (including phenoxy) is 2. The molecule has 0 N–H and O–H groups in total. The predicted octanol–water partition coefficient (Wildman–Crippen LogP) is 8.20. The Kier molecular flexibility index (Phi) is 9.74. The van der Waals surface area contributed by atoms with Gasteiger partial charge in [-0.1, -0.05) is 121 Å². The number of allylic oxidation sites excluding steroid dienone is 4. The summed E-state index contributed by atoms with van der Waals surface area (Å²) in [4.78, 5) is 0. The summed E-state index contributed by atoms with van der Waals surface area (Å²) in [7, 11) is 0. The van der Waals surface area contributed by atoms with Gasteiger partial charge in [0.05, 0.1) is 11.1 Å². The van der Waals surface area contributed by atoms with Crippen LogP contribution in [0.5, 0.6) is 0 Å². The second-order valence-electron chi connectivity index (χ2n) is 11.1. The molecule has 0 atom stereocenters. The van der Waals surface area contributed by atoms with Crippen LogP contribution < -0.4 is 0 Å². The van der Waals surface area contributed by atoms with Gasteiger partial charge in [0.15, 0.2) is 33.9 Å². The molecule has 2 aliphatic rings. The van der Waals surface area contributed by atoms with Crippen LogP contribution in [0.4, 0.5) is 0 Å². The monoisotopic (exact) mass is 646 g/mol. The molecule has 0 spiro atoms. The van der Waals surface area contributed by atoms with Gasteiger partial charge in [-0.3, -0.25) is 0 Å². The van der Waals surface area contributed by atoms with Gasteiger partial charge in [-0.15, -0.1) is 0 Å². The van der Waals surface area contributed by atoms with E-state index in [1.165, 1.54) is 0 Å². The molecule has 0 fully saturated rings. The van der Waals surface area contributed by atoms with Crippen molar-refractivity contribution >= 4 is 0 Å². The Morgan fingerprint density at radius 3 is 0.860 bits per heavy atom. The van der Waals surface area contributed by atoms with Crippen LogP contribution in [0.2, 0.25) is 0 Å². The van der Waals surface area contributed by atoms with E-state index in [0.29, 0.717) is 11.1 Å². The van der Waals surface area contributed by atoms with Crippen LogP contribution in [0.25, 0.3) is 0 Å². The minimum atomic E-state index is -1.04. The Bertz CT molecular complexity index is 2050. The molecule has 0 amide bonds. The molecular weight excluding hydrogens is 621 g/mol. The minimum Gasteiger partial charge on any atom is -0.470 e. The summed E-state index contributed by atoms with van der Waals surface area (Å²) in [5.74, 6) is 0.0791. The molecule has 0 aliphatic carbocycles. The summed E-state index contributed by atoms with van der Waals surface area (Å²) in [6, 6.07) is 49.5. The van der Waals surface area contributed by atoms with Crippen molar-refractivity contribution in [2.75, 3.05) is 0 Å². The van der Waals surface area contributed by atoms with Gasteiger partial charge in [0.2, 0.25) is 0 Å². The molecule has 8 nitrogen and oxygen atoms in total. The summed E-state index contributed by atoms with van der Waals surface area (Å²) in [6.45, 7) is 3.61. The third kappa shape index (κ3) is 5.53. The normalized spacial score (nSPS) is 14.9. The summed E-state index contributed by atoms with van der Waals surface area (Å²) in [5.41, 5.74) is 2.60. The average Bonchev–Trinajstić information content (AvgIpc) is 3.65. The van der Waals surface area contributed by atoms with Crippen molar-refractivity contribution in [3.05, 3.63) is 189 Å². The van der Waals surface area contributed by atoms with Crippen LogP contribution in [0.3, 0.4) is 0 Å². The highest BCUT2D eigenvalue weighted by atomic mass is 16.5. The van der Waals surface area contributed by atoms with Crippen molar-refractivity contribution in [2.45, 2.75) is 25.0 Å². The maximum Gasteiger partial charge on any atom is 0.182 e. The molecule has 2 heterocycles. The highest BCUT2D eigenvalue weighted by Gasteiger charge is 2.49. The van der Waals surface area contributed by atoms with E-state index in [-0.39, 0.29) is 33.8 Å². The summed E-state index contributed by atoms with van der Waals surface area (Å²) in [6.07, 6.45) is 0. The Balaban J connectivity index is 0.000000194. The van der Waals surface area contributed by atoms with Crippen LogP contribution in [0.1, 0.15) is 36.1 Å². The molecule has 0 radical (unpaired) electrons. The molecule has 236 valence electrons. The number of hydrogen-bond donors (Lipinski definition) is 0. The first kappa shape index (κ1) is 33.7. The fourth-order valence-electron chi connectivity index (χ4n) is 6.25. The lowest BCUT2D eigenvalue weighted by atomic mass is 9.80. The summed E-state index contributed by atoms with van der Waals surface area (Å²) in [5, 5.41) is 56.3. The number of benzene rings is 4. The van der Waals surface area contributed by atoms with Gasteiger partial charge in [-0.25, -0.2) is 0 Å². The van der Waals surface area contributed by atoms with Crippen molar-refractivity contribution in [2.24, 2.45) is 0 Å². The van der Waals surface area contributed by atoms with E-state index in [0.717, 1.165) is 22.3 Å². The quantitative estimate of drug-likeness (QED) is 0.200. The third-order valence-corrected chi connectivity index (χ3v) is 8.62. The molecule has 4 aromatic rings. The number of hydrogen-bond acceptors (Lipinski definition) is 8. The van der Waals surface area contributed by atoms with Crippen LogP contribution in [-0.2, 0) is 20.7 Å². The maximum atomic E-state index is 9.63. The fourth-order valence-corrected chi connectivity index (χ4v) is 6.25. The molecular formula is C42H26N6O2. The van der Waals surface area contributed by atoms with E-state index < -0.39 is 11.2 Å². The Morgan fingerprint density at radius 2 is 0.660 bits per heavy atom. The second-order valence-corrected chi connectivity index (χ2v) is 11.1. The van der Waals surface area contributed by atoms with E-state index in [4.69, 9.17) is 9.47 Å². The van der Waals surface area contributed by atoms with Gasteiger partial charge in [0.1, 0.15) is 36.4 Å². The first-order valence-corrected chi connectivity index (χ1v) is 15.3. The zero-order chi connectivity index (χ0) is 35.7. The van der Waals surface area contributed by atoms with Crippen molar-refractivity contribution in [1.82, 2.24) is 0 Å². The zero-order valence-electron chi connectivity index (χ0n) is 27.0. The lowest BCUT2D eigenvalue weighted by molar-refractivity contribution is 0.0931. The molecule has 0 saturated heterocycles. The summed E-state index contributed by atoms with van der Waals surface area (Å²) >= 11 is 0. The number of rotatable bonds is 4. The average molecular weight is 647 g/mol. The van der Waals surface area contributed by atoms with Crippen LogP contribution in [-0.4, -0.2) is 0 Å². The van der Waals surface area contributed by atoms with Gasteiger partial charge in [-0.2, -0.15) is 31.6 Å². The largest absolute Gasteiger partial charge is 0.470 e. The molecule has 50 heavy (non-hydrogen) atoms. The van der Waals surface area contributed by atoms with Crippen molar-refractivity contribution in [1.29, 1.82) is 31.6 Å². The SMILES string of the molecule is CC1=C(C#N)C(=C(C#N)C#N)OC1(c1ccccc1)c1ccccc1.CC1=C(C#N)C(=C(C#N)C#N)OC1(c1ccccc1)c1ccccc1. The standard InChI is InChI=1S/2C21H13N3O/c2*1-15-19(14-24)20(16(12-22)13-23)25-21(15,17-8-4-2-5-9-17)18-10-6-3-7-11-18/h2*2-11H,1H3. The van der Waals surface area contributed by atoms with E-state index >= 15 is 0 Å². The molecule has 0 unspecified atom stereocenters. The Labute approximate surface area is 290 Å². The van der Waals surface area contributed by atoms with E-state index in [2.05, 4.69) is 12.1 Å². The predicted molar refractivity (Wildman–Crippen MR) is 183 cm³/mol. The molecule has 6 rings (SSSR count). The van der Waals surface area contributed by atoms with Crippen molar-refractivity contribution < 1.29 is 9.47 Å². The zero-order valence-corrected chi connectivity index (χ0v) is 27.0. The second kappa shape index (κ2) is 14.4. The topological polar surface area (TPSA) is 161 Å². The molecule has 0 aromatic heterocycles. The highest BCUT2D eigenvalue weighted by Crippen LogP contribution is 2.51. The maximum absolute atomic E-state index is 9.63. The lowest BCUT2D eigenvalue weighted by Crippen LogP contribution is -2.29. The molecule has 0 saturated carbocycles. The number of nitriles is 6. The number of nitrogens with zero attached hydrogens (tertiary/aromatic N) is 6. The van der Waals surface area contributed by atoms with E-state index in [9.17, 15) is 31.6 Å². The van der Waals surface area contributed by atoms with Crippen molar-refractivity contribution in [3.63, 3.8) is 0 Å². The summed E-state index contributed by atoms with van der Waals surface area (Å²) < 4.78 is 12.4. The fraction of sp³-hybridized carbons (Fsp3) is 0.0952. The van der Waals surface area contributed by atoms with Gasteiger partial charge in [0, 0.05) is 33.4 Å². The van der Waals surface area contributed by atoms with Crippen LogP contribution in [0.15, 0.2) is 166 Å². The third-order valence-electron chi connectivity index (χ3n) is 8.62. The van der Waals surface area contributed by atoms with Crippen molar-refractivity contribution in [3.8, 4) is 36.4 Å². The molecule has 4 aromatic carbocycles. The van der Waals surface area contributed by atoms with Gasteiger partial charge < -0.3 is 9.47 Å². The molecule has 8 heteroatoms. The van der Waals surface area contributed by atoms with Gasteiger partial charge >= 0.3 is 0 Å². The van der Waals surface area contributed by atoms with Gasteiger partial charge in [0.25, 0.3) is 0 Å². The highest BCUT2D eigenvalue weighted by molar-refractivity contribution is 5.64. The first-order chi connectivity index (χ1) is 24.4. The van der Waals surface area contributed by atoms with Crippen LogP contribution >= 0.6 is 0 Å². The first-order valence-electron chi connectivity index (χ1n) is 15.3. The Hall–Kier alpha value is -7.62.